The molecule has 1 N–H and O–H groups in total. The molecule has 4 rings (SSSR count). The molecule has 0 saturated carbocycles. The number of anilines is 1. The van der Waals surface area contributed by atoms with Gasteiger partial charge in [-0.05, 0) is 69.3 Å². The zero-order valence-corrected chi connectivity index (χ0v) is 19.6. The van der Waals surface area contributed by atoms with E-state index in [4.69, 9.17) is 9.98 Å². The van der Waals surface area contributed by atoms with Gasteiger partial charge in [-0.25, -0.2) is 0 Å². The summed E-state index contributed by atoms with van der Waals surface area (Å²) in [6.07, 6.45) is 13.6. The van der Waals surface area contributed by atoms with Crippen LogP contribution in [0.15, 0.2) is 53.0 Å². The summed E-state index contributed by atoms with van der Waals surface area (Å²) < 4.78 is 2.01. The van der Waals surface area contributed by atoms with Crippen molar-refractivity contribution in [1.29, 1.82) is 0 Å². The Labute approximate surface area is 189 Å². The fraction of sp³-hybridized carbons (Fsp3) is 0.458. The Hall–Kier alpha value is -3.13. The zero-order chi connectivity index (χ0) is 22.7. The van der Waals surface area contributed by atoms with Crippen molar-refractivity contribution in [3.05, 3.63) is 54.1 Å². The molecule has 1 atom stereocenters. The molecule has 2 aromatic rings. The Morgan fingerprint density at radius 2 is 2.06 bits per heavy atom. The summed E-state index contributed by atoms with van der Waals surface area (Å²) in [5.41, 5.74) is 3.93. The normalized spacial score (nSPS) is 20.2. The van der Waals surface area contributed by atoms with Crippen LogP contribution in [0.1, 0.15) is 50.7 Å². The maximum atomic E-state index is 5.00. The molecule has 2 aromatic heterocycles. The Morgan fingerprint density at radius 3 is 2.84 bits per heavy atom. The van der Waals surface area contributed by atoms with Crippen molar-refractivity contribution >= 4 is 22.9 Å². The van der Waals surface area contributed by atoms with Crippen molar-refractivity contribution in [2.45, 2.75) is 51.6 Å². The average molecular weight is 433 g/mol. The van der Waals surface area contributed by atoms with Gasteiger partial charge in [0, 0.05) is 30.9 Å². The lowest BCUT2D eigenvalue weighted by atomic mass is 9.83. The van der Waals surface area contributed by atoms with E-state index in [-0.39, 0.29) is 0 Å². The van der Waals surface area contributed by atoms with Gasteiger partial charge in [0.15, 0.2) is 5.82 Å². The summed E-state index contributed by atoms with van der Waals surface area (Å²) in [4.78, 5) is 11.9. The summed E-state index contributed by atoms with van der Waals surface area (Å²) in [7, 11) is 4.18. The van der Waals surface area contributed by atoms with Crippen LogP contribution in [0.5, 0.6) is 0 Å². The Bertz CT molecular complexity index is 1090. The fourth-order valence-electron chi connectivity index (χ4n) is 3.91. The summed E-state index contributed by atoms with van der Waals surface area (Å²) in [5.74, 6) is 1.86. The van der Waals surface area contributed by atoms with Gasteiger partial charge in [-0.3, -0.25) is 14.7 Å². The predicted octanol–water partition coefficient (Wildman–Crippen LogP) is 3.77. The minimum absolute atomic E-state index is 0.390. The SMILES string of the molecule is CC(C)c1cnnc(NC2=NC3(C)CC(c4cnn(CCCN(C)C)c4)=CN=C3C=C2)c1. The van der Waals surface area contributed by atoms with Gasteiger partial charge < -0.3 is 10.2 Å². The van der Waals surface area contributed by atoms with Crippen LogP contribution in [0.25, 0.3) is 5.57 Å². The first-order chi connectivity index (χ1) is 15.3. The minimum atomic E-state index is -0.433. The molecule has 0 bridgehead atoms. The molecule has 0 fully saturated rings. The van der Waals surface area contributed by atoms with E-state index in [2.05, 4.69) is 66.6 Å². The molecular weight excluding hydrogens is 400 g/mol. The van der Waals surface area contributed by atoms with E-state index in [1.807, 2.05) is 35.3 Å². The lowest BCUT2D eigenvalue weighted by Crippen LogP contribution is -2.38. The minimum Gasteiger partial charge on any atom is -0.324 e. The van der Waals surface area contributed by atoms with Crippen LogP contribution in [-0.4, -0.2) is 62.6 Å². The molecule has 2 aliphatic heterocycles. The van der Waals surface area contributed by atoms with Crippen molar-refractivity contribution in [3.63, 3.8) is 0 Å². The van der Waals surface area contributed by atoms with Crippen LogP contribution in [0.3, 0.4) is 0 Å². The molecule has 32 heavy (non-hydrogen) atoms. The van der Waals surface area contributed by atoms with Crippen LogP contribution in [0, 0.1) is 0 Å². The van der Waals surface area contributed by atoms with E-state index in [9.17, 15) is 0 Å². The molecule has 0 spiro atoms. The molecule has 0 saturated heterocycles. The lowest BCUT2D eigenvalue weighted by molar-refractivity contribution is 0.380. The third kappa shape index (κ3) is 5.02. The highest BCUT2D eigenvalue weighted by molar-refractivity contribution is 6.16. The second-order valence-corrected chi connectivity index (χ2v) is 9.25. The number of aromatic nitrogens is 4. The summed E-state index contributed by atoms with van der Waals surface area (Å²) in [6, 6.07) is 2.02. The number of fused-ring (bicyclic) bond motifs is 1. The van der Waals surface area contributed by atoms with E-state index < -0.39 is 5.54 Å². The Morgan fingerprint density at radius 1 is 1.22 bits per heavy atom. The molecule has 8 heteroatoms. The van der Waals surface area contributed by atoms with Crippen LogP contribution >= 0.6 is 0 Å². The molecule has 8 nitrogen and oxygen atoms in total. The number of hydrogen-bond acceptors (Lipinski definition) is 7. The van der Waals surface area contributed by atoms with E-state index in [1.165, 1.54) is 0 Å². The van der Waals surface area contributed by atoms with Crippen molar-refractivity contribution in [1.82, 2.24) is 24.9 Å². The van der Waals surface area contributed by atoms with Crippen molar-refractivity contribution in [3.8, 4) is 0 Å². The predicted molar refractivity (Wildman–Crippen MR) is 130 cm³/mol. The lowest BCUT2D eigenvalue weighted by Gasteiger charge is -2.32. The average Bonchev–Trinajstić information content (AvgIpc) is 3.21. The molecule has 4 heterocycles. The summed E-state index contributed by atoms with van der Waals surface area (Å²) in [5, 5.41) is 16.2. The zero-order valence-electron chi connectivity index (χ0n) is 19.6. The van der Waals surface area contributed by atoms with Crippen molar-refractivity contribution in [2.24, 2.45) is 9.98 Å². The summed E-state index contributed by atoms with van der Waals surface area (Å²) >= 11 is 0. The second-order valence-electron chi connectivity index (χ2n) is 9.25. The largest absolute Gasteiger partial charge is 0.324 e. The highest BCUT2D eigenvalue weighted by atomic mass is 15.3. The molecule has 2 aliphatic rings. The first kappa shape index (κ1) is 22.1. The number of rotatable bonds is 7. The topological polar surface area (TPSA) is 83.6 Å². The molecule has 0 radical (unpaired) electrons. The van der Waals surface area contributed by atoms with E-state index in [0.29, 0.717) is 11.7 Å². The van der Waals surface area contributed by atoms with Crippen LogP contribution in [0.4, 0.5) is 5.82 Å². The number of aryl methyl sites for hydroxylation is 1. The molecule has 0 amide bonds. The number of aliphatic imine (C=N–C) groups is 2. The van der Waals surface area contributed by atoms with Crippen molar-refractivity contribution < 1.29 is 0 Å². The first-order valence-electron chi connectivity index (χ1n) is 11.1. The van der Waals surface area contributed by atoms with Crippen LogP contribution in [-0.2, 0) is 6.54 Å². The number of nitrogens with one attached hydrogen (secondary N) is 1. The smallest absolute Gasteiger partial charge is 0.154 e. The molecule has 0 aliphatic carbocycles. The van der Waals surface area contributed by atoms with Gasteiger partial charge in [0.05, 0.1) is 18.1 Å². The van der Waals surface area contributed by atoms with Gasteiger partial charge in [0.2, 0.25) is 0 Å². The second kappa shape index (κ2) is 9.16. The number of amidine groups is 1. The van der Waals surface area contributed by atoms with Gasteiger partial charge in [-0.15, -0.1) is 5.10 Å². The van der Waals surface area contributed by atoms with Crippen LogP contribution in [0.2, 0.25) is 0 Å². The van der Waals surface area contributed by atoms with Gasteiger partial charge in [0.1, 0.15) is 11.4 Å². The van der Waals surface area contributed by atoms with Gasteiger partial charge in [-0.2, -0.15) is 10.2 Å². The van der Waals surface area contributed by atoms with Crippen LogP contribution < -0.4 is 5.32 Å². The van der Waals surface area contributed by atoms with E-state index >= 15 is 0 Å². The van der Waals surface area contributed by atoms with E-state index in [0.717, 1.165) is 54.2 Å². The van der Waals surface area contributed by atoms with Gasteiger partial charge in [0.25, 0.3) is 0 Å². The molecule has 0 aromatic carbocycles. The third-order valence-electron chi connectivity index (χ3n) is 5.81. The number of nitrogens with zero attached hydrogens (tertiary/aromatic N) is 7. The first-order valence-corrected chi connectivity index (χ1v) is 11.1. The quantitative estimate of drug-likeness (QED) is 0.720. The Balaban J connectivity index is 1.48. The summed E-state index contributed by atoms with van der Waals surface area (Å²) in [6.45, 7) is 8.36. The molecule has 168 valence electrons. The van der Waals surface area contributed by atoms with Crippen molar-refractivity contribution in [2.75, 3.05) is 26.0 Å². The standard InChI is InChI=1S/C24H32N8/c1-17(2)18-11-23(30-26-14-18)28-22-8-7-21-24(3,29-22)12-19(13-25-21)20-15-27-32(16-20)10-6-9-31(4)5/h7-8,11,13-17H,6,9-10,12H2,1-5H3,(H,28,29,30). The number of dihydropyridines is 1. The third-order valence-corrected chi connectivity index (χ3v) is 5.81. The highest BCUT2D eigenvalue weighted by Gasteiger charge is 2.35. The fourth-order valence-corrected chi connectivity index (χ4v) is 3.91. The molecular formula is C24H32N8. The van der Waals surface area contributed by atoms with Gasteiger partial charge >= 0.3 is 0 Å². The maximum absolute atomic E-state index is 5.00. The maximum Gasteiger partial charge on any atom is 0.154 e. The highest BCUT2D eigenvalue weighted by Crippen LogP contribution is 2.35. The van der Waals surface area contributed by atoms with E-state index in [1.54, 1.807) is 6.20 Å². The Kier molecular flexibility index (Phi) is 6.32. The van der Waals surface area contributed by atoms with Gasteiger partial charge in [-0.1, -0.05) is 13.8 Å². The number of hydrogen-bond donors (Lipinski definition) is 1. The molecule has 1 unspecified atom stereocenters. The monoisotopic (exact) mass is 432 g/mol.